The van der Waals surface area contributed by atoms with Crippen LogP contribution in [-0.4, -0.2) is 54.5 Å². The SMILES string of the molecule is CCc1ccccc1OCCN1CCCC2(CCC(=O)N(C3CC3)C2)C1. The van der Waals surface area contributed by atoms with Crippen molar-refractivity contribution in [1.82, 2.24) is 9.80 Å². The summed E-state index contributed by atoms with van der Waals surface area (Å²) in [6.45, 7) is 7.19. The van der Waals surface area contributed by atoms with Crippen LogP contribution in [0.25, 0.3) is 0 Å². The molecule has 2 heterocycles. The van der Waals surface area contributed by atoms with Gasteiger partial charge in [-0.25, -0.2) is 0 Å². The molecule has 1 amide bonds. The average Bonchev–Trinajstić information content (AvgIpc) is 3.50. The Hall–Kier alpha value is -1.55. The van der Waals surface area contributed by atoms with Crippen LogP contribution in [0.1, 0.15) is 51.0 Å². The van der Waals surface area contributed by atoms with Crippen LogP contribution in [0.5, 0.6) is 5.75 Å². The number of para-hydroxylation sites is 1. The van der Waals surface area contributed by atoms with E-state index in [1.54, 1.807) is 0 Å². The van der Waals surface area contributed by atoms with Gasteiger partial charge in [0.25, 0.3) is 0 Å². The van der Waals surface area contributed by atoms with Crippen LogP contribution < -0.4 is 4.74 Å². The second-order valence-corrected chi connectivity index (χ2v) is 8.44. The zero-order valence-electron chi connectivity index (χ0n) is 16.1. The molecular weight excluding hydrogens is 324 g/mol. The summed E-state index contributed by atoms with van der Waals surface area (Å²) in [7, 11) is 0. The zero-order valence-corrected chi connectivity index (χ0v) is 16.1. The molecule has 4 nitrogen and oxygen atoms in total. The predicted molar refractivity (Wildman–Crippen MR) is 103 cm³/mol. The molecule has 0 N–H and O–H groups in total. The Morgan fingerprint density at radius 3 is 2.85 bits per heavy atom. The molecule has 1 atom stereocenters. The Morgan fingerprint density at radius 2 is 2.04 bits per heavy atom. The molecule has 0 bridgehead atoms. The molecule has 1 spiro atoms. The fourth-order valence-electron chi connectivity index (χ4n) is 4.82. The molecule has 0 radical (unpaired) electrons. The predicted octanol–water partition coefficient (Wildman–Crippen LogP) is 3.49. The fraction of sp³-hybridized carbons (Fsp3) is 0.682. The molecule has 26 heavy (non-hydrogen) atoms. The first-order valence-corrected chi connectivity index (χ1v) is 10.4. The van der Waals surface area contributed by atoms with E-state index in [1.807, 2.05) is 0 Å². The second kappa shape index (κ2) is 7.59. The van der Waals surface area contributed by atoms with Gasteiger partial charge in [0.2, 0.25) is 5.91 Å². The summed E-state index contributed by atoms with van der Waals surface area (Å²) in [5, 5.41) is 0. The van der Waals surface area contributed by atoms with E-state index in [4.69, 9.17) is 4.74 Å². The smallest absolute Gasteiger partial charge is 0.222 e. The van der Waals surface area contributed by atoms with Crippen molar-refractivity contribution in [3.05, 3.63) is 29.8 Å². The minimum Gasteiger partial charge on any atom is -0.492 e. The molecule has 2 aliphatic heterocycles. The number of likely N-dealkylation sites (tertiary alicyclic amines) is 2. The van der Waals surface area contributed by atoms with Crippen LogP contribution in [0, 0.1) is 5.41 Å². The number of carbonyl (C=O) groups is 1. The highest BCUT2D eigenvalue weighted by molar-refractivity contribution is 5.78. The number of ether oxygens (including phenoxy) is 1. The molecule has 1 unspecified atom stereocenters. The minimum atomic E-state index is 0.329. The number of hydrogen-bond acceptors (Lipinski definition) is 3. The number of nitrogens with zero attached hydrogens (tertiary/aromatic N) is 2. The Kier molecular flexibility index (Phi) is 5.21. The molecule has 142 valence electrons. The largest absolute Gasteiger partial charge is 0.492 e. The Balaban J connectivity index is 1.31. The van der Waals surface area contributed by atoms with Crippen molar-refractivity contribution in [3.63, 3.8) is 0 Å². The molecule has 4 heteroatoms. The molecule has 3 fully saturated rings. The van der Waals surface area contributed by atoms with E-state index >= 15 is 0 Å². The summed E-state index contributed by atoms with van der Waals surface area (Å²) in [5.74, 6) is 1.43. The lowest BCUT2D eigenvalue weighted by Gasteiger charge is -2.48. The highest BCUT2D eigenvalue weighted by Crippen LogP contribution is 2.42. The Morgan fingerprint density at radius 1 is 1.19 bits per heavy atom. The molecule has 4 rings (SSSR count). The van der Waals surface area contributed by atoms with Crippen LogP contribution >= 0.6 is 0 Å². The normalized spacial score (nSPS) is 27.1. The first-order chi connectivity index (χ1) is 12.7. The highest BCUT2D eigenvalue weighted by atomic mass is 16.5. The Labute approximate surface area is 157 Å². The number of benzene rings is 1. The number of aryl methyl sites for hydroxylation is 1. The van der Waals surface area contributed by atoms with E-state index < -0.39 is 0 Å². The van der Waals surface area contributed by atoms with Gasteiger partial charge in [-0.05, 0) is 56.7 Å². The molecule has 1 aromatic rings. The van der Waals surface area contributed by atoms with Gasteiger partial charge in [0, 0.05) is 37.5 Å². The molecule has 1 aliphatic carbocycles. The van der Waals surface area contributed by atoms with Gasteiger partial charge in [-0.3, -0.25) is 9.69 Å². The molecule has 1 aromatic carbocycles. The number of piperidine rings is 2. The van der Waals surface area contributed by atoms with E-state index in [0.717, 1.165) is 57.8 Å². The van der Waals surface area contributed by atoms with Crippen LogP contribution in [-0.2, 0) is 11.2 Å². The minimum absolute atomic E-state index is 0.329. The topological polar surface area (TPSA) is 32.8 Å². The number of rotatable bonds is 6. The van der Waals surface area contributed by atoms with Crippen molar-refractivity contribution in [3.8, 4) is 5.75 Å². The summed E-state index contributed by atoms with van der Waals surface area (Å²) < 4.78 is 6.09. The summed E-state index contributed by atoms with van der Waals surface area (Å²) >= 11 is 0. The fourth-order valence-corrected chi connectivity index (χ4v) is 4.82. The third-order valence-corrected chi connectivity index (χ3v) is 6.44. The first-order valence-electron chi connectivity index (χ1n) is 10.4. The lowest BCUT2D eigenvalue weighted by molar-refractivity contribution is -0.140. The maximum Gasteiger partial charge on any atom is 0.222 e. The van der Waals surface area contributed by atoms with Crippen molar-refractivity contribution in [1.29, 1.82) is 0 Å². The zero-order chi connectivity index (χ0) is 18.0. The van der Waals surface area contributed by atoms with Gasteiger partial charge in [0.05, 0.1) is 0 Å². The van der Waals surface area contributed by atoms with Crippen molar-refractivity contribution < 1.29 is 9.53 Å². The molecule has 3 aliphatic rings. The standard InChI is InChI=1S/C22H32N2O2/c1-2-18-6-3-4-7-20(18)26-15-14-23-13-5-11-22(16-23)12-10-21(25)24(17-22)19-8-9-19/h3-4,6-7,19H,2,5,8-17H2,1H3. The number of carbonyl (C=O) groups excluding carboxylic acids is 1. The maximum atomic E-state index is 12.3. The van der Waals surface area contributed by atoms with Gasteiger partial charge >= 0.3 is 0 Å². The molecule has 1 saturated carbocycles. The van der Waals surface area contributed by atoms with Crippen LogP contribution in [0.15, 0.2) is 24.3 Å². The molecule has 2 saturated heterocycles. The summed E-state index contributed by atoms with van der Waals surface area (Å²) in [6, 6.07) is 8.92. The van der Waals surface area contributed by atoms with E-state index in [1.165, 1.54) is 31.2 Å². The molecule has 0 aromatic heterocycles. The lowest BCUT2D eigenvalue weighted by atomic mass is 9.73. The first kappa shape index (κ1) is 17.8. The van der Waals surface area contributed by atoms with Gasteiger partial charge in [0.1, 0.15) is 12.4 Å². The van der Waals surface area contributed by atoms with E-state index in [0.29, 0.717) is 17.4 Å². The monoisotopic (exact) mass is 356 g/mol. The number of hydrogen-bond donors (Lipinski definition) is 0. The van der Waals surface area contributed by atoms with Crippen molar-refractivity contribution in [2.24, 2.45) is 5.41 Å². The van der Waals surface area contributed by atoms with Crippen LogP contribution in [0.3, 0.4) is 0 Å². The highest BCUT2D eigenvalue weighted by Gasteiger charge is 2.45. The van der Waals surface area contributed by atoms with E-state index in [-0.39, 0.29) is 0 Å². The second-order valence-electron chi connectivity index (χ2n) is 8.44. The summed E-state index contributed by atoms with van der Waals surface area (Å²) in [6.07, 6.45) is 7.80. The maximum absolute atomic E-state index is 12.3. The van der Waals surface area contributed by atoms with Crippen molar-refractivity contribution in [2.75, 3.05) is 32.8 Å². The van der Waals surface area contributed by atoms with Gasteiger partial charge in [0.15, 0.2) is 0 Å². The van der Waals surface area contributed by atoms with Gasteiger partial charge in [-0.2, -0.15) is 0 Å². The summed E-state index contributed by atoms with van der Waals surface area (Å²) in [5.41, 5.74) is 1.62. The van der Waals surface area contributed by atoms with Gasteiger partial charge < -0.3 is 9.64 Å². The molecular formula is C22H32N2O2. The lowest BCUT2D eigenvalue weighted by Crippen LogP contribution is -2.55. The van der Waals surface area contributed by atoms with Gasteiger partial charge in [-0.1, -0.05) is 25.1 Å². The van der Waals surface area contributed by atoms with E-state index in [2.05, 4.69) is 41.0 Å². The van der Waals surface area contributed by atoms with Crippen LogP contribution in [0.2, 0.25) is 0 Å². The third-order valence-electron chi connectivity index (χ3n) is 6.44. The summed E-state index contributed by atoms with van der Waals surface area (Å²) in [4.78, 5) is 17.0. The van der Waals surface area contributed by atoms with Crippen molar-refractivity contribution >= 4 is 5.91 Å². The van der Waals surface area contributed by atoms with Crippen LogP contribution in [0.4, 0.5) is 0 Å². The number of amides is 1. The Bertz CT molecular complexity index is 643. The average molecular weight is 357 g/mol. The quantitative estimate of drug-likeness (QED) is 0.782. The van der Waals surface area contributed by atoms with Gasteiger partial charge in [-0.15, -0.1) is 0 Å². The van der Waals surface area contributed by atoms with Crippen molar-refractivity contribution in [2.45, 2.75) is 57.9 Å². The third kappa shape index (κ3) is 3.90. The van der Waals surface area contributed by atoms with E-state index in [9.17, 15) is 4.79 Å².